The average Bonchev–Trinajstić information content (AvgIpc) is 2.92. The normalized spacial score (nSPS) is 18.3. The van der Waals surface area contributed by atoms with Crippen molar-refractivity contribution >= 4 is 29.1 Å². The predicted octanol–water partition coefficient (Wildman–Crippen LogP) is 2.10. The van der Waals surface area contributed by atoms with Gasteiger partial charge in [-0.05, 0) is 6.07 Å². The molecule has 1 saturated heterocycles. The second-order valence-corrected chi connectivity index (χ2v) is 6.00. The number of likely N-dealkylation sites (tertiary alicyclic amines) is 1. The summed E-state index contributed by atoms with van der Waals surface area (Å²) in [6.07, 6.45) is 0. The van der Waals surface area contributed by atoms with Crippen LogP contribution >= 0.6 is 0 Å². The number of Topliss-reactive ketones (excluding diaryl/α,β-unsaturated/α-hetero) is 1. The van der Waals surface area contributed by atoms with Crippen molar-refractivity contribution < 1.29 is 29.5 Å². The lowest BCUT2D eigenvalue weighted by Gasteiger charge is -2.23. The number of carbonyl (C=O) groups excluding carboxylic acids is 2. The lowest BCUT2D eigenvalue weighted by Crippen LogP contribution is -2.34. The molecule has 1 aliphatic heterocycles. The number of benzene rings is 2. The maximum absolute atomic E-state index is 12.6. The van der Waals surface area contributed by atoms with Crippen LogP contribution in [0, 0.1) is 10.1 Å². The molecule has 9 heteroatoms. The molecule has 9 nitrogen and oxygen atoms in total. The van der Waals surface area contributed by atoms with Crippen molar-refractivity contribution in [3.8, 4) is 0 Å². The Balaban J connectivity index is 2.28. The van der Waals surface area contributed by atoms with E-state index in [-0.39, 0.29) is 11.1 Å². The van der Waals surface area contributed by atoms with Crippen LogP contribution in [0.25, 0.3) is 5.76 Å². The molecule has 1 amide bonds. The van der Waals surface area contributed by atoms with Gasteiger partial charge >= 0.3 is 5.97 Å². The molecule has 0 radical (unpaired) electrons. The first-order valence-corrected chi connectivity index (χ1v) is 8.12. The molecule has 0 bridgehead atoms. The average molecular weight is 382 g/mol. The largest absolute Gasteiger partial charge is 0.507 e. The zero-order valence-corrected chi connectivity index (χ0v) is 14.3. The molecule has 2 aromatic rings. The standard InChI is InChI=1S/C19H14N2O7/c22-14(23)10-20-16(12-8-4-5-9-13(12)21(27)28)15(18(25)19(20)26)17(24)11-6-2-1-3-7-11/h1-9,16,24H,10H2,(H,22,23)/b17-15-/t16-/m0/s1. The Hall–Kier alpha value is -4.01. The van der Waals surface area contributed by atoms with Gasteiger partial charge in [0.05, 0.1) is 22.1 Å². The number of hydrogen-bond donors (Lipinski definition) is 2. The first-order chi connectivity index (χ1) is 13.3. The van der Waals surface area contributed by atoms with Gasteiger partial charge in [0.1, 0.15) is 12.3 Å². The van der Waals surface area contributed by atoms with Crippen LogP contribution in [0.5, 0.6) is 0 Å². The summed E-state index contributed by atoms with van der Waals surface area (Å²) in [5.41, 5.74) is -0.639. The maximum atomic E-state index is 12.6. The Morgan fingerprint density at radius 3 is 2.25 bits per heavy atom. The number of aliphatic hydroxyl groups excluding tert-OH is 1. The van der Waals surface area contributed by atoms with E-state index in [2.05, 4.69) is 0 Å². The summed E-state index contributed by atoms with van der Waals surface area (Å²) in [7, 11) is 0. The van der Waals surface area contributed by atoms with Gasteiger partial charge in [-0.25, -0.2) is 0 Å². The van der Waals surface area contributed by atoms with E-state index in [1.165, 1.54) is 36.4 Å². The number of para-hydroxylation sites is 1. The molecule has 1 aliphatic rings. The Kier molecular flexibility index (Phi) is 4.90. The highest BCUT2D eigenvalue weighted by Crippen LogP contribution is 2.42. The van der Waals surface area contributed by atoms with Gasteiger partial charge in [0, 0.05) is 11.6 Å². The third kappa shape index (κ3) is 3.20. The number of ketones is 1. The van der Waals surface area contributed by atoms with E-state index in [4.69, 9.17) is 5.11 Å². The quantitative estimate of drug-likeness (QED) is 0.265. The van der Waals surface area contributed by atoms with Crippen LogP contribution in [0.1, 0.15) is 17.2 Å². The molecule has 1 fully saturated rings. The number of nitrogens with zero attached hydrogens (tertiary/aromatic N) is 2. The minimum absolute atomic E-state index is 0.0644. The van der Waals surface area contributed by atoms with Crippen molar-refractivity contribution in [2.75, 3.05) is 6.54 Å². The molecule has 1 atom stereocenters. The highest BCUT2D eigenvalue weighted by atomic mass is 16.6. The fraction of sp³-hybridized carbons (Fsp3) is 0.105. The van der Waals surface area contributed by atoms with Crippen LogP contribution in [0.4, 0.5) is 5.69 Å². The van der Waals surface area contributed by atoms with Crippen LogP contribution in [0.15, 0.2) is 60.2 Å². The Morgan fingerprint density at radius 1 is 1.04 bits per heavy atom. The maximum Gasteiger partial charge on any atom is 0.323 e. The van der Waals surface area contributed by atoms with Crippen molar-refractivity contribution in [1.82, 2.24) is 4.90 Å². The third-order valence-electron chi connectivity index (χ3n) is 4.32. The number of carbonyl (C=O) groups is 3. The number of hydrogen-bond acceptors (Lipinski definition) is 6. The number of carboxylic acid groups (broad SMARTS) is 1. The van der Waals surface area contributed by atoms with Gasteiger partial charge in [-0.2, -0.15) is 0 Å². The number of nitro benzene ring substituents is 1. The topological polar surface area (TPSA) is 138 Å². The molecule has 142 valence electrons. The van der Waals surface area contributed by atoms with Crippen LogP contribution in [-0.4, -0.2) is 44.2 Å². The molecule has 1 heterocycles. The summed E-state index contributed by atoms with van der Waals surface area (Å²) >= 11 is 0. The third-order valence-corrected chi connectivity index (χ3v) is 4.32. The van der Waals surface area contributed by atoms with Crippen molar-refractivity contribution in [1.29, 1.82) is 0 Å². The molecule has 28 heavy (non-hydrogen) atoms. The number of aliphatic hydroxyl groups is 1. The lowest BCUT2D eigenvalue weighted by molar-refractivity contribution is -0.385. The van der Waals surface area contributed by atoms with Crippen molar-refractivity contribution in [3.63, 3.8) is 0 Å². The minimum Gasteiger partial charge on any atom is -0.507 e. The molecule has 2 N–H and O–H groups in total. The van der Waals surface area contributed by atoms with E-state index in [0.29, 0.717) is 4.90 Å². The van der Waals surface area contributed by atoms with Crippen LogP contribution in [-0.2, 0) is 14.4 Å². The second kappa shape index (κ2) is 7.31. The SMILES string of the molecule is O=C(O)CN1C(=O)C(=O)/C(=C(\O)c2ccccc2)[C@@H]1c1ccccc1[N+](=O)[O-]. The van der Waals surface area contributed by atoms with Crippen molar-refractivity contribution in [3.05, 3.63) is 81.4 Å². The summed E-state index contributed by atoms with van der Waals surface area (Å²) in [5, 5.41) is 31.3. The zero-order chi connectivity index (χ0) is 20.4. The van der Waals surface area contributed by atoms with Crippen molar-refractivity contribution in [2.24, 2.45) is 0 Å². The molecule has 0 aromatic heterocycles. The van der Waals surface area contributed by atoms with E-state index < -0.39 is 52.2 Å². The van der Waals surface area contributed by atoms with Gasteiger partial charge in [-0.3, -0.25) is 24.5 Å². The fourth-order valence-electron chi connectivity index (χ4n) is 3.15. The van der Waals surface area contributed by atoms with Gasteiger partial charge in [0.2, 0.25) is 0 Å². The number of amides is 1. The first kappa shape index (κ1) is 18.8. The molecular weight excluding hydrogens is 368 g/mol. The van der Waals surface area contributed by atoms with Crippen LogP contribution < -0.4 is 0 Å². The highest BCUT2D eigenvalue weighted by Gasteiger charge is 2.48. The van der Waals surface area contributed by atoms with Crippen LogP contribution in [0.2, 0.25) is 0 Å². The molecule has 3 rings (SSSR count). The first-order valence-electron chi connectivity index (χ1n) is 8.12. The Bertz CT molecular complexity index is 1010. The monoisotopic (exact) mass is 382 g/mol. The minimum atomic E-state index is -1.40. The summed E-state index contributed by atoms with van der Waals surface area (Å²) in [6.45, 7) is -0.854. The van der Waals surface area contributed by atoms with Crippen LogP contribution in [0.3, 0.4) is 0 Å². The van der Waals surface area contributed by atoms with E-state index in [1.54, 1.807) is 18.2 Å². The number of nitro groups is 1. The van der Waals surface area contributed by atoms with Gasteiger partial charge < -0.3 is 15.1 Å². The molecule has 0 saturated carbocycles. The van der Waals surface area contributed by atoms with Gasteiger partial charge in [-0.15, -0.1) is 0 Å². The number of rotatable bonds is 5. The molecule has 0 unspecified atom stereocenters. The van der Waals surface area contributed by atoms with Crippen molar-refractivity contribution in [2.45, 2.75) is 6.04 Å². The molecule has 0 aliphatic carbocycles. The van der Waals surface area contributed by atoms with E-state index in [0.717, 1.165) is 0 Å². The molecule has 2 aromatic carbocycles. The fourth-order valence-corrected chi connectivity index (χ4v) is 3.15. The smallest absolute Gasteiger partial charge is 0.323 e. The van der Waals surface area contributed by atoms with Gasteiger partial charge in [-0.1, -0.05) is 42.5 Å². The molecule has 0 spiro atoms. The zero-order valence-electron chi connectivity index (χ0n) is 14.3. The van der Waals surface area contributed by atoms with E-state index >= 15 is 0 Å². The molecular formula is C19H14N2O7. The van der Waals surface area contributed by atoms with Gasteiger partial charge in [0.15, 0.2) is 0 Å². The Labute approximate surface area is 158 Å². The Morgan fingerprint density at radius 2 is 1.64 bits per heavy atom. The summed E-state index contributed by atoms with van der Waals surface area (Å²) in [5.74, 6) is -4.19. The van der Waals surface area contributed by atoms with E-state index in [1.807, 2.05) is 0 Å². The summed E-state index contributed by atoms with van der Waals surface area (Å²) < 4.78 is 0. The number of aliphatic carboxylic acids is 1. The highest BCUT2D eigenvalue weighted by molar-refractivity contribution is 6.47. The second-order valence-electron chi connectivity index (χ2n) is 6.00. The predicted molar refractivity (Wildman–Crippen MR) is 96.2 cm³/mol. The summed E-state index contributed by atoms with van der Waals surface area (Å²) in [6, 6.07) is 11.8. The summed E-state index contributed by atoms with van der Waals surface area (Å²) in [4.78, 5) is 47.7. The number of carboxylic acids is 1. The lowest BCUT2D eigenvalue weighted by atomic mass is 9.94. The van der Waals surface area contributed by atoms with Gasteiger partial charge in [0.25, 0.3) is 17.4 Å². The van der Waals surface area contributed by atoms with E-state index in [9.17, 15) is 29.6 Å².